The summed E-state index contributed by atoms with van der Waals surface area (Å²) in [6.07, 6.45) is -9.56. The molecule has 0 bridgehead atoms. The van der Waals surface area contributed by atoms with E-state index in [1.807, 2.05) is 0 Å². The maximum atomic E-state index is 12.3. The number of halogens is 2. The Morgan fingerprint density at radius 1 is 1.14 bits per heavy atom. The number of hydrogen-bond donors (Lipinski definition) is 4. The minimum atomic E-state index is -3.01. The van der Waals surface area contributed by atoms with Crippen LogP contribution in [0.5, 0.6) is 0 Å². The minimum absolute atomic E-state index is 0.661. The summed E-state index contributed by atoms with van der Waals surface area (Å²) in [6, 6.07) is 0. The molecule has 1 fully saturated rings. The van der Waals surface area contributed by atoms with Crippen molar-refractivity contribution >= 4 is 0 Å². The van der Waals surface area contributed by atoms with E-state index in [4.69, 9.17) is 10.2 Å². The summed E-state index contributed by atoms with van der Waals surface area (Å²) in [5.41, 5.74) is 0. The van der Waals surface area contributed by atoms with Crippen LogP contribution in [0.25, 0.3) is 0 Å². The fraction of sp³-hybridized carbons (Fsp3) is 1.00. The second kappa shape index (κ2) is 4.45. The zero-order valence-corrected chi connectivity index (χ0v) is 7.12. The van der Waals surface area contributed by atoms with Crippen LogP contribution in [0.1, 0.15) is 0 Å². The van der Waals surface area contributed by atoms with Crippen molar-refractivity contribution in [3.05, 3.63) is 0 Å². The fourth-order valence-corrected chi connectivity index (χ4v) is 1.39. The molecule has 1 aliphatic rings. The molecular formula is C7H12F2O5. The van der Waals surface area contributed by atoms with Gasteiger partial charge in [-0.2, -0.15) is 0 Å². The van der Waals surface area contributed by atoms with Crippen LogP contribution in [0.3, 0.4) is 0 Å². The van der Waals surface area contributed by atoms with Gasteiger partial charge in [-0.1, -0.05) is 0 Å². The molecule has 4 N–H and O–H groups in total. The van der Waals surface area contributed by atoms with E-state index < -0.39 is 43.6 Å². The first kappa shape index (κ1) is 11.7. The highest BCUT2D eigenvalue weighted by Crippen LogP contribution is 2.29. The monoisotopic (exact) mass is 214 g/mol. The Labute approximate surface area is 78.5 Å². The summed E-state index contributed by atoms with van der Waals surface area (Å²) >= 11 is 0. The van der Waals surface area contributed by atoms with Gasteiger partial charge in [0.05, 0.1) is 18.6 Å². The second-order valence-electron chi connectivity index (χ2n) is 3.14. The third-order valence-electron chi connectivity index (χ3n) is 2.24. The van der Waals surface area contributed by atoms with Gasteiger partial charge in [0.25, 0.3) is 0 Å². The van der Waals surface area contributed by atoms with Gasteiger partial charge in [-0.3, -0.25) is 0 Å². The molecular weight excluding hydrogens is 202 g/mol. The fourth-order valence-electron chi connectivity index (χ4n) is 1.39. The molecule has 0 aromatic carbocycles. The molecule has 1 unspecified atom stereocenters. The van der Waals surface area contributed by atoms with E-state index in [9.17, 15) is 19.0 Å². The van der Waals surface area contributed by atoms with Crippen molar-refractivity contribution in [1.29, 1.82) is 0 Å². The van der Waals surface area contributed by atoms with Crippen molar-refractivity contribution in [3.63, 3.8) is 0 Å². The summed E-state index contributed by atoms with van der Waals surface area (Å²) < 4.78 is 29.0. The maximum absolute atomic E-state index is 12.3. The van der Waals surface area contributed by atoms with Gasteiger partial charge in [0.15, 0.2) is 6.29 Å². The highest BCUT2D eigenvalue weighted by molar-refractivity contribution is 4.89. The van der Waals surface area contributed by atoms with E-state index in [-0.39, 0.29) is 0 Å². The molecule has 0 amide bonds. The summed E-state index contributed by atoms with van der Waals surface area (Å²) in [7, 11) is 0. The Morgan fingerprint density at radius 3 is 2.14 bits per heavy atom. The average molecular weight is 214 g/mol. The first-order valence-corrected chi connectivity index (χ1v) is 4.07. The van der Waals surface area contributed by atoms with E-state index in [0.29, 0.717) is 0 Å². The molecule has 0 spiro atoms. The van der Waals surface area contributed by atoms with E-state index in [1.54, 1.807) is 0 Å². The third kappa shape index (κ3) is 2.01. The lowest BCUT2D eigenvalue weighted by molar-refractivity contribution is -0.288. The van der Waals surface area contributed by atoms with E-state index in [2.05, 4.69) is 4.74 Å². The predicted molar refractivity (Wildman–Crippen MR) is 39.5 cm³/mol. The van der Waals surface area contributed by atoms with Crippen LogP contribution in [0.15, 0.2) is 0 Å². The van der Waals surface area contributed by atoms with Gasteiger partial charge in [0, 0.05) is 0 Å². The van der Waals surface area contributed by atoms with Crippen molar-refractivity contribution in [3.8, 4) is 0 Å². The van der Waals surface area contributed by atoms with Crippen LogP contribution in [0.2, 0.25) is 0 Å². The Hall–Kier alpha value is -0.340. The van der Waals surface area contributed by atoms with Gasteiger partial charge >= 0.3 is 0 Å². The highest BCUT2D eigenvalue weighted by Gasteiger charge is 2.47. The average Bonchev–Trinajstić information content (AvgIpc) is 2.10. The molecule has 0 aromatic rings. The summed E-state index contributed by atoms with van der Waals surface area (Å²) in [4.78, 5) is 0. The standard InChI is InChI=1S/C7H12F2O5/c8-6(9)3-5(12)4(11)2(1-10)14-7(3)13/h2-7,10-13H,1H2/t2-,3-,4-,5-,7?/m1/s1. The lowest BCUT2D eigenvalue weighted by Crippen LogP contribution is -2.57. The number of aliphatic hydroxyl groups excluding tert-OH is 4. The molecule has 1 saturated heterocycles. The first-order valence-electron chi connectivity index (χ1n) is 4.07. The van der Waals surface area contributed by atoms with Gasteiger partial charge in [0.2, 0.25) is 6.43 Å². The van der Waals surface area contributed by atoms with Crippen molar-refractivity contribution in [2.45, 2.75) is 31.0 Å². The van der Waals surface area contributed by atoms with Crippen molar-refractivity contribution in [1.82, 2.24) is 0 Å². The van der Waals surface area contributed by atoms with Gasteiger partial charge < -0.3 is 25.2 Å². The van der Waals surface area contributed by atoms with Crippen LogP contribution >= 0.6 is 0 Å². The van der Waals surface area contributed by atoms with Crippen molar-refractivity contribution in [2.24, 2.45) is 5.92 Å². The SMILES string of the molecule is OC[C@H]1OC(O)[C@@H](C(F)F)[C@@H](O)[C@@H]1O. The topological polar surface area (TPSA) is 90.2 Å². The molecule has 0 radical (unpaired) electrons. The van der Waals surface area contributed by atoms with Crippen LogP contribution in [-0.4, -0.2) is 58.1 Å². The zero-order valence-electron chi connectivity index (χ0n) is 7.12. The van der Waals surface area contributed by atoms with Crippen LogP contribution in [0, 0.1) is 5.92 Å². The van der Waals surface area contributed by atoms with E-state index in [1.165, 1.54) is 0 Å². The molecule has 0 aromatic heterocycles. The predicted octanol–water partition coefficient (Wildman–Crippen LogP) is -1.70. The molecule has 5 atom stereocenters. The maximum Gasteiger partial charge on any atom is 0.248 e. The van der Waals surface area contributed by atoms with Gasteiger partial charge in [-0.15, -0.1) is 0 Å². The molecule has 5 nitrogen and oxygen atoms in total. The Bertz CT molecular complexity index is 191. The van der Waals surface area contributed by atoms with Crippen LogP contribution < -0.4 is 0 Å². The van der Waals surface area contributed by atoms with Crippen LogP contribution in [-0.2, 0) is 4.74 Å². The normalized spacial score (nSPS) is 44.4. The third-order valence-corrected chi connectivity index (χ3v) is 2.24. The van der Waals surface area contributed by atoms with Gasteiger partial charge in [0.1, 0.15) is 12.2 Å². The first-order chi connectivity index (χ1) is 6.49. The van der Waals surface area contributed by atoms with Gasteiger partial charge in [-0.25, -0.2) is 8.78 Å². The van der Waals surface area contributed by atoms with Crippen molar-refractivity contribution in [2.75, 3.05) is 6.61 Å². The molecule has 84 valence electrons. The quantitative estimate of drug-likeness (QED) is 0.440. The molecule has 1 heterocycles. The Kier molecular flexibility index (Phi) is 3.73. The second-order valence-corrected chi connectivity index (χ2v) is 3.14. The lowest BCUT2D eigenvalue weighted by atomic mass is 9.91. The molecule has 1 aliphatic heterocycles. The van der Waals surface area contributed by atoms with Gasteiger partial charge in [-0.05, 0) is 0 Å². The van der Waals surface area contributed by atoms with Crippen LogP contribution in [0.4, 0.5) is 8.78 Å². The van der Waals surface area contributed by atoms with Crippen molar-refractivity contribution < 1.29 is 33.9 Å². The molecule has 1 rings (SSSR count). The molecule has 0 aliphatic carbocycles. The molecule has 0 saturated carbocycles. The Morgan fingerprint density at radius 2 is 1.71 bits per heavy atom. The summed E-state index contributed by atoms with van der Waals surface area (Å²) in [6.45, 7) is -0.661. The smallest absolute Gasteiger partial charge is 0.248 e. The molecule has 14 heavy (non-hydrogen) atoms. The Balaban J connectivity index is 2.74. The minimum Gasteiger partial charge on any atom is -0.394 e. The van der Waals surface area contributed by atoms with E-state index >= 15 is 0 Å². The highest BCUT2D eigenvalue weighted by atomic mass is 19.3. The largest absolute Gasteiger partial charge is 0.394 e. The zero-order chi connectivity index (χ0) is 10.9. The number of ether oxygens (including phenoxy) is 1. The number of hydrogen-bond acceptors (Lipinski definition) is 5. The number of alkyl halides is 2. The number of rotatable bonds is 2. The number of aliphatic hydroxyl groups is 4. The van der Waals surface area contributed by atoms with E-state index in [0.717, 1.165) is 0 Å². The summed E-state index contributed by atoms with van der Waals surface area (Å²) in [5, 5.41) is 36.1. The lowest BCUT2D eigenvalue weighted by Gasteiger charge is -2.39. The summed E-state index contributed by atoms with van der Waals surface area (Å²) in [5.74, 6) is -1.85. The molecule has 7 heteroatoms.